The van der Waals surface area contributed by atoms with Gasteiger partial charge in [-0.25, -0.2) is 8.78 Å². The fourth-order valence-corrected chi connectivity index (χ4v) is 1.81. The van der Waals surface area contributed by atoms with Crippen molar-refractivity contribution >= 4 is 11.6 Å². The van der Waals surface area contributed by atoms with E-state index in [2.05, 4.69) is 0 Å². The van der Waals surface area contributed by atoms with Crippen LogP contribution in [0.15, 0.2) is 36.4 Å². The molecule has 0 spiro atoms. The minimum absolute atomic E-state index is 0.0596. The van der Waals surface area contributed by atoms with Crippen LogP contribution in [0.5, 0.6) is 5.75 Å². The molecule has 0 heterocycles. The third-order valence-corrected chi connectivity index (χ3v) is 2.94. The molecule has 0 fully saturated rings. The molecule has 5 heteroatoms. The van der Waals surface area contributed by atoms with Gasteiger partial charge in [-0.3, -0.25) is 0 Å². The molecular weight excluding hydrogens is 272 g/mol. The molecule has 0 unspecified atom stereocenters. The number of benzene rings is 2. The van der Waals surface area contributed by atoms with E-state index in [0.29, 0.717) is 21.9 Å². The predicted octanol–water partition coefficient (Wildman–Crippen LogP) is 3.66. The van der Waals surface area contributed by atoms with Crippen molar-refractivity contribution in [1.82, 2.24) is 0 Å². The zero-order chi connectivity index (χ0) is 13.8. The molecule has 0 aliphatic heterocycles. The fourth-order valence-electron chi connectivity index (χ4n) is 1.64. The van der Waals surface area contributed by atoms with Crippen LogP contribution in [0.3, 0.4) is 0 Å². The van der Waals surface area contributed by atoms with Crippen LogP contribution in [-0.2, 0) is 13.2 Å². The number of nitrogens with two attached hydrogens (primary N) is 1. The summed E-state index contributed by atoms with van der Waals surface area (Å²) in [5.41, 5.74) is 6.57. The Balaban J connectivity index is 2.14. The van der Waals surface area contributed by atoms with E-state index in [1.54, 1.807) is 6.07 Å². The predicted molar refractivity (Wildman–Crippen MR) is 70.0 cm³/mol. The minimum Gasteiger partial charge on any atom is -0.489 e. The molecule has 0 radical (unpaired) electrons. The van der Waals surface area contributed by atoms with Crippen molar-refractivity contribution in [2.75, 3.05) is 0 Å². The molecule has 2 rings (SSSR count). The summed E-state index contributed by atoms with van der Waals surface area (Å²) >= 11 is 5.91. The normalized spacial score (nSPS) is 10.5. The van der Waals surface area contributed by atoms with Crippen molar-refractivity contribution in [1.29, 1.82) is 0 Å². The molecule has 0 saturated carbocycles. The molecule has 2 N–H and O–H groups in total. The molecule has 0 amide bonds. The lowest BCUT2D eigenvalue weighted by Crippen LogP contribution is -2.01. The topological polar surface area (TPSA) is 35.2 Å². The third kappa shape index (κ3) is 3.66. The number of halogens is 3. The van der Waals surface area contributed by atoms with Crippen molar-refractivity contribution in [2.24, 2.45) is 5.73 Å². The molecule has 0 atom stereocenters. The number of hydrogen-bond acceptors (Lipinski definition) is 2. The van der Waals surface area contributed by atoms with Crippen LogP contribution in [0.1, 0.15) is 11.1 Å². The van der Waals surface area contributed by atoms with Crippen LogP contribution in [0, 0.1) is 11.6 Å². The minimum atomic E-state index is -0.428. The lowest BCUT2D eigenvalue weighted by atomic mass is 10.2. The number of ether oxygens (including phenoxy) is 1. The summed E-state index contributed by atoms with van der Waals surface area (Å²) in [7, 11) is 0. The molecule has 100 valence electrons. The molecule has 0 aromatic heterocycles. The summed E-state index contributed by atoms with van der Waals surface area (Å²) in [6.45, 7) is 0.277. The quantitative estimate of drug-likeness (QED) is 0.929. The van der Waals surface area contributed by atoms with Gasteiger partial charge in [-0.2, -0.15) is 0 Å². The van der Waals surface area contributed by atoms with Gasteiger partial charge in [0, 0.05) is 23.2 Å². The van der Waals surface area contributed by atoms with Gasteiger partial charge in [0.15, 0.2) is 0 Å². The zero-order valence-corrected chi connectivity index (χ0v) is 10.8. The van der Waals surface area contributed by atoms with Crippen molar-refractivity contribution in [2.45, 2.75) is 13.2 Å². The first-order valence-corrected chi connectivity index (χ1v) is 6.02. The molecule has 0 saturated heterocycles. The second-order valence-corrected chi connectivity index (χ2v) is 4.43. The van der Waals surface area contributed by atoms with Crippen LogP contribution in [0.4, 0.5) is 8.78 Å². The van der Waals surface area contributed by atoms with Crippen molar-refractivity contribution in [3.05, 3.63) is 64.2 Å². The second kappa shape index (κ2) is 5.99. The number of rotatable bonds is 4. The summed E-state index contributed by atoms with van der Waals surface area (Å²) in [6.07, 6.45) is 0. The van der Waals surface area contributed by atoms with Crippen LogP contribution in [0.25, 0.3) is 0 Å². The summed E-state index contributed by atoms with van der Waals surface area (Å²) in [6, 6.07) is 8.21. The summed E-state index contributed by atoms with van der Waals surface area (Å²) in [5.74, 6) is -0.492. The van der Waals surface area contributed by atoms with E-state index in [9.17, 15) is 8.78 Å². The van der Waals surface area contributed by atoms with Crippen LogP contribution in [-0.4, -0.2) is 0 Å². The summed E-state index contributed by atoms with van der Waals surface area (Å²) in [5, 5.41) is 0.400. The first-order valence-electron chi connectivity index (χ1n) is 5.65. The first-order chi connectivity index (χ1) is 9.08. The van der Waals surface area contributed by atoms with Crippen LogP contribution in [0.2, 0.25) is 5.02 Å². The Labute approximate surface area is 114 Å². The number of hydrogen-bond donors (Lipinski definition) is 1. The van der Waals surface area contributed by atoms with E-state index in [-0.39, 0.29) is 13.2 Å². The summed E-state index contributed by atoms with van der Waals surface area (Å²) in [4.78, 5) is 0. The maximum absolute atomic E-state index is 13.3. The molecule has 0 aliphatic carbocycles. The SMILES string of the molecule is NCc1cc(F)cc(OCc2cc(F)ccc2Cl)c1. The highest BCUT2D eigenvalue weighted by Crippen LogP contribution is 2.21. The highest BCUT2D eigenvalue weighted by Gasteiger charge is 2.05. The smallest absolute Gasteiger partial charge is 0.127 e. The van der Waals surface area contributed by atoms with Gasteiger partial charge < -0.3 is 10.5 Å². The Kier molecular flexibility index (Phi) is 4.35. The average molecular weight is 284 g/mol. The Hall–Kier alpha value is -1.65. The van der Waals surface area contributed by atoms with Gasteiger partial charge in [0.2, 0.25) is 0 Å². The van der Waals surface area contributed by atoms with Gasteiger partial charge in [0.05, 0.1) is 0 Å². The van der Waals surface area contributed by atoms with E-state index >= 15 is 0 Å². The maximum atomic E-state index is 13.3. The van der Waals surface area contributed by atoms with Crippen LogP contribution < -0.4 is 10.5 Å². The summed E-state index contributed by atoms with van der Waals surface area (Å²) < 4.78 is 31.7. The molecular formula is C14H12ClF2NO. The van der Waals surface area contributed by atoms with E-state index in [1.807, 2.05) is 0 Å². The van der Waals surface area contributed by atoms with Crippen LogP contribution >= 0.6 is 11.6 Å². The van der Waals surface area contributed by atoms with Crippen molar-refractivity contribution in [3.8, 4) is 5.75 Å². The van der Waals surface area contributed by atoms with Gasteiger partial charge in [0.1, 0.15) is 24.0 Å². The molecule has 2 nitrogen and oxygen atoms in total. The Morgan fingerprint density at radius 3 is 2.58 bits per heavy atom. The Morgan fingerprint density at radius 1 is 1.05 bits per heavy atom. The highest BCUT2D eigenvalue weighted by atomic mass is 35.5. The Morgan fingerprint density at radius 2 is 1.84 bits per heavy atom. The average Bonchev–Trinajstić information content (AvgIpc) is 2.39. The fraction of sp³-hybridized carbons (Fsp3) is 0.143. The lowest BCUT2D eigenvalue weighted by Gasteiger charge is -2.09. The molecule has 2 aromatic carbocycles. The van der Waals surface area contributed by atoms with Gasteiger partial charge in [0.25, 0.3) is 0 Å². The van der Waals surface area contributed by atoms with Gasteiger partial charge in [-0.05, 0) is 35.9 Å². The molecule has 0 aliphatic rings. The van der Waals surface area contributed by atoms with Gasteiger partial charge >= 0.3 is 0 Å². The highest BCUT2D eigenvalue weighted by molar-refractivity contribution is 6.31. The van der Waals surface area contributed by atoms with Gasteiger partial charge in [-0.15, -0.1) is 0 Å². The van der Waals surface area contributed by atoms with Crippen molar-refractivity contribution in [3.63, 3.8) is 0 Å². The molecule has 19 heavy (non-hydrogen) atoms. The Bertz CT molecular complexity index is 590. The van der Waals surface area contributed by atoms with Gasteiger partial charge in [-0.1, -0.05) is 11.6 Å². The van der Waals surface area contributed by atoms with Crippen molar-refractivity contribution < 1.29 is 13.5 Å². The van der Waals surface area contributed by atoms with E-state index < -0.39 is 11.6 Å². The molecule has 0 bridgehead atoms. The molecule has 2 aromatic rings. The van der Waals surface area contributed by atoms with E-state index in [1.165, 1.54) is 30.3 Å². The van der Waals surface area contributed by atoms with E-state index in [0.717, 1.165) is 0 Å². The maximum Gasteiger partial charge on any atom is 0.127 e. The monoisotopic (exact) mass is 283 g/mol. The largest absolute Gasteiger partial charge is 0.489 e. The third-order valence-electron chi connectivity index (χ3n) is 2.57. The first kappa shape index (κ1) is 13.8. The lowest BCUT2D eigenvalue weighted by molar-refractivity contribution is 0.303. The standard InChI is InChI=1S/C14H12ClF2NO/c15-14-2-1-11(16)5-10(14)8-19-13-4-9(7-18)3-12(17)6-13/h1-6H,7-8,18H2. The zero-order valence-electron chi connectivity index (χ0n) is 10.00. The van der Waals surface area contributed by atoms with E-state index in [4.69, 9.17) is 22.1 Å². The second-order valence-electron chi connectivity index (χ2n) is 4.02.